The van der Waals surface area contributed by atoms with Crippen molar-refractivity contribution in [1.29, 1.82) is 0 Å². The van der Waals surface area contributed by atoms with Crippen LogP contribution < -0.4 is 10.1 Å². The van der Waals surface area contributed by atoms with Crippen molar-refractivity contribution in [2.75, 3.05) is 11.9 Å². The number of rotatable bonds is 8. The molecule has 1 aromatic carbocycles. The van der Waals surface area contributed by atoms with Crippen LogP contribution in [0.4, 0.5) is 24.0 Å². The summed E-state index contributed by atoms with van der Waals surface area (Å²) in [6.45, 7) is 2.29. The minimum Gasteiger partial charge on any atom is -0.493 e. The van der Waals surface area contributed by atoms with Crippen LogP contribution in [-0.4, -0.2) is 16.6 Å². The Balaban J connectivity index is 1.76. The highest BCUT2D eigenvalue weighted by molar-refractivity contribution is 7.14. The number of ether oxygens (including phenoxy) is 1. The van der Waals surface area contributed by atoms with E-state index in [0.29, 0.717) is 16.5 Å². The van der Waals surface area contributed by atoms with Crippen molar-refractivity contribution in [3.8, 4) is 17.0 Å². The fourth-order valence-corrected chi connectivity index (χ4v) is 3.29. The van der Waals surface area contributed by atoms with E-state index in [4.69, 9.17) is 4.74 Å². The number of anilines is 2. The molecule has 0 saturated heterocycles. The maximum Gasteiger partial charge on any atom is 0.420 e. The number of alkyl halides is 3. The molecule has 0 spiro atoms. The molecule has 3 aromatic rings. The zero-order chi connectivity index (χ0) is 20.0. The lowest BCUT2D eigenvalue weighted by atomic mass is 10.1. The van der Waals surface area contributed by atoms with Crippen LogP contribution in [0.2, 0.25) is 0 Å². The summed E-state index contributed by atoms with van der Waals surface area (Å²) in [6, 6.07) is 7.46. The van der Waals surface area contributed by atoms with E-state index >= 15 is 0 Å². The summed E-state index contributed by atoms with van der Waals surface area (Å²) >= 11 is 1.30. The maximum absolute atomic E-state index is 13.4. The number of unbranched alkanes of at least 4 members (excludes halogenated alkanes) is 2. The molecular weight excluding hydrogens is 387 g/mol. The van der Waals surface area contributed by atoms with Crippen LogP contribution in [0.5, 0.6) is 5.75 Å². The van der Waals surface area contributed by atoms with E-state index in [-0.39, 0.29) is 12.4 Å². The number of benzene rings is 1. The zero-order valence-corrected chi connectivity index (χ0v) is 16.0. The monoisotopic (exact) mass is 406 g/mol. The molecule has 0 aliphatic carbocycles. The number of hydrogen-bond donors (Lipinski definition) is 1. The molecule has 0 saturated carbocycles. The van der Waals surface area contributed by atoms with Gasteiger partial charge in [-0.3, -0.25) is 4.98 Å². The molecule has 8 heteroatoms. The van der Waals surface area contributed by atoms with Gasteiger partial charge in [0.15, 0.2) is 5.13 Å². The van der Waals surface area contributed by atoms with Crippen LogP contribution in [0.25, 0.3) is 11.3 Å². The van der Waals surface area contributed by atoms with Crippen LogP contribution in [0.3, 0.4) is 0 Å². The average Bonchev–Trinajstić information content (AvgIpc) is 3.14. The number of nitrogens with one attached hydrogen (secondary N) is 1. The summed E-state index contributed by atoms with van der Waals surface area (Å²) in [5.74, 6) is -0.152. The van der Waals surface area contributed by atoms with Gasteiger partial charge in [0.2, 0.25) is 0 Å². The zero-order valence-electron chi connectivity index (χ0n) is 15.2. The van der Waals surface area contributed by atoms with Crippen molar-refractivity contribution in [1.82, 2.24) is 9.97 Å². The Morgan fingerprint density at radius 3 is 2.79 bits per heavy atom. The van der Waals surface area contributed by atoms with Gasteiger partial charge in [-0.2, -0.15) is 13.2 Å². The lowest BCUT2D eigenvalue weighted by Crippen LogP contribution is -2.10. The molecule has 2 heterocycles. The molecule has 0 fully saturated rings. The highest BCUT2D eigenvalue weighted by Gasteiger charge is 2.34. The molecule has 4 nitrogen and oxygen atoms in total. The van der Waals surface area contributed by atoms with E-state index in [1.165, 1.54) is 17.4 Å². The largest absolute Gasteiger partial charge is 0.493 e. The Hall–Kier alpha value is -2.61. The molecule has 0 unspecified atom stereocenters. The molecule has 0 aliphatic rings. The number of aromatic nitrogens is 2. The van der Waals surface area contributed by atoms with Crippen LogP contribution in [-0.2, 0) is 6.18 Å². The summed E-state index contributed by atoms with van der Waals surface area (Å²) in [4.78, 5) is 8.32. The summed E-state index contributed by atoms with van der Waals surface area (Å²) in [7, 11) is 0. The molecule has 2 aromatic heterocycles. The number of halogens is 3. The molecule has 147 valence electrons. The SMILES string of the molecule is CCCCCOc1ccc(Nc2nc(-c3cc[c]nc3)cs2)cc1C(F)(F)F. The van der Waals surface area contributed by atoms with Gasteiger partial charge in [-0.15, -0.1) is 11.3 Å². The second-order valence-corrected chi connectivity index (χ2v) is 6.96. The van der Waals surface area contributed by atoms with Gasteiger partial charge in [-0.05, 0) is 36.8 Å². The molecule has 0 aliphatic heterocycles. The van der Waals surface area contributed by atoms with Gasteiger partial charge in [0.25, 0.3) is 0 Å². The Morgan fingerprint density at radius 1 is 1.21 bits per heavy atom. The molecule has 1 N–H and O–H groups in total. The molecule has 28 heavy (non-hydrogen) atoms. The van der Waals surface area contributed by atoms with E-state index in [9.17, 15) is 13.2 Å². The minimum atomic E-state index is -4.50. The Labute approximate surface area is 165 Å². The quantitative estimate of drug-likeness (QED) is 0.444. The maximum atomic E-state index is 13.4. The van der Waals surface area contributed by atoms with Gasteiger partial charge in [-0.1, -0.05) is 19.8 Å². The molecular formula is C20H19F3N3OS. The molecule has 0 bridgehead atoms. The molecule has 3 rings (SSSR count). The number of pyridine rings is 1. The van der Waals surface area contributed by atoms with Crippen molar-refractivity contribution in [2.45, 2.75) is 32.4 Å². The summed E-state index contributed by atoms with van der Waals surface area (Å²) < 4.78 is 45.7. The van der Waals surface area contributed by atoms with E-state index in [1.54, 1.807) is 18.3 Å². The van der Waals surface area contributed by atoms with Crippen LogP contribution in [0, 0.1) is 6.20 Å². The standard InChI is InChI=1S/C20H19F3N3OS/c1-2-3-4-10-27-18-8-7-15(11-16(18)20(21,22)23)25-19-26-17(13-28-19)14-6-5-9-24-12-14/h5-8,11-13H,2-4,10H2,1H3,(H,25,26). The van der Waals surface area contributed by atoms with Crippen molar-refractivity contribution in [3.05, 3.63) is 53.7 Å². The van der Waals surface area contributed by atoms with Gasteiger partial charge in [0.1, 0.15) is 5.75 Å². The third-order valence-electron chi connectivity index (χ3n) is 3.96. The third-order valence-corrected chi connectivity index (χ3v) is 4.71. The van der Waals surface area contributed by atoms with E-state index in [1.807, 2.05) is 18.4 Å². The van der Waals surface area contributed by atoms with E-state index in [0.717, 1.165) is 30.9 Å². The molecule has 0 amide bonds. The summed E-state index contributed by atoms with van der Waals surface area (Å²) in [5.41, 5.74) is 1.01. The number of nitrogens with zero attached hydrogens (tertiary/aromatic N) is 2. The van der Waals surface area contributed by atoms with Crippen LogP contribution >= 0.6 is 11.3 Å². The first-order valence-corrected chi connectivity index (χ1v) is 9.74. The smallest absolute Gasteiger partial charge is 0.420 e. The van der Waals surface area contributed by atoms with Crippen molar-refractivity contribution in [3.63, 3.8) is 0 Å². The van der Waals surface area contributed by atoms with Crippen molar-refractivity contribution in [2.24, 2.45) is 0 Å². The van der Waals surface area contributed by atoms with Gasteiger partial charge in [0, 0.05) is 22.8 Å². The van der Waals surface area contributed by atoms with Crippen LogP contribution in [0.15, 0.2) is 41.9 Å². The highest BCUT2D eigenvalue weighted by atomic mass is 32.1. The Bertz CT molecular complexity index is 897. The minimum absolute atomic E-state index is 0.152. The normalized spacial score (nSPS) is 11.4. The predicted octanol–water partition coefficient (Wildman–Crippen LogP) is 6.34. The van der Waals surface area contributed by atoms with Crippen molar-refractivity contribution < 1.29 is 17.9 Å². The van der Waals surface area contributed by atoms with Gasteiger partial charge in [-0.25, -0.2) is 4.98 Å². The average molecular weight is 406 g/mol. The fraction of sp³-hybridized carbons (Fsp3) is 0.300. The van der Waals surface area contributed by atoms with Gasteiger partial charge < -0.3 is 10.1 Å². The molecule has 0 atom stereocenters. The second-order valence-electron chi connectivity index (χ2n) is 6.10. The lowest BCUT2D eigenvalue weighted by molar-refractivity contribution is -0.138. The van der Waals surface area contributed by atoms with Crippen LogP contribution in [0.1, 0.15) is 31.7 Å². The summed E-state index contributed by atoms with van der Waals surface area (Å²) in [5, 5.41) is 5.24. The van der Waals surface area contributed by atoms with E-state index < -0.39 is 11.7 Å². The second kappa shape index (κ2) is 9.05. The first-order valence-electron chi connectivity index (χ1n) is 8.86. The summed E-state index contributed by atoms with van der Waals surface area (Å²) in [6.07, 6.45) is 2.44. The Morgan fingerprint density at radius 2 is 2.07 bits per heavy atom. The first-order chi connectivity index (χ1) is 13.5. The Kier molecular flexibility index (Phi) is 6.51. The lowest BCUT2D eigenvalue weighted by Gasteiger charge is -2.15. The topological polar surface area (TPSA) is 47.0 Å². The van der Waals surface area contributed by atoms with Gasteiger partial charge >= 0.3 is 6.18 Å². The van der Waals surface area contributed by atoms with Crippen molar-refractivity contribution >= 4 is 22.2 Å². The predicted molar refractivity (Wildman–Crippen MR) is 104 cm³/mol. The first kappa shape index (κ1) is 20.1. The molecule has 1 radical (unpaired) electrons. The number of hydrogen-bond acceptors (Lipinski definition) is 5. The van der Waals surface area contributed by atoms with Gasteiger partial charge in [0.05, 0.1) is 24.1 Å². The van der Waals surface area contributed by atoms with E-state index in [2.05, 4.69) is 21.5 Å². The number of thiazole rings is 1. The third kappa shape index (κ3) is 5.22. The fourth-order valence-electron chi connectivity index (χ4n) is 2.55. The highest BCUT2D eigenvalue weighted by Crippen LogP contribution is 2.39.